The largest absolute Gasteiger partial charge is 0.276 e. The van der Waals surface area contributed by atoms with Crippen LogP contribution in [0.4, 0.5) is 0 Å². The van der Waals surface area contributed by atoms with Gasteiger partial charge in [-0.3, -0.25) is 9.36 Å². The van der Waals surface area contributed by atoms with Gasteiger partial charge in [-0.25, -0.2) is 4.98 Å². The molecule has 0 atom stereocenters. The summed E-state index contributed by atoms with van der Waals surface area (Å²) in [7, 11) is 0. The Morgan fingerprint density at radius 1 is 1.04 bits per heavy atom. The topological polar surface area (TPSA) is 34.9 Å². The van der Waals surface area contributed by atoms with Crippen LogP contribution in [0.25, 0.3) is 15.9 Å². The second-order valence-corrected chi connectivity index (χ2v) is 8.07. The van der Waals surface area contributed by atoms with Gasteiger partial charge in [0.05, 0.1) is 11.2 Å². The van der Waals surface area contributed by atoms with Gasteiger partial charge in [0.25, 0.3) is 5.56 Å². The van der Waals surface area contributed by atoms with Crippen LogP contribution in [0, 0.1) is 13.8 Å². The Morgan fingerprint density at radius 3 is 2.62 bits per heavy atom. The van der Waals surface area contributed by atoms with Gasteiger partial charge in [0.15, 0.2) is 5.16 Å². The molecule has 0 unspecified atom stereocenters. The average molecular weight is 379 g/mol. The van der Waals surface area contributed by atoms with E-state index in [2.05, 4.69) is 38.1 Å². The third kappa shape index (κ3) is 3.20. The van der Waals surface area contributed by atoms with Gasteiger partial charge in [-0.05, 0) is 54.1 Å². The average Bonchev–Trinajstić information content (AvgIpc) is 3.12. The predicted octanol–water partition coefficient (Wildman–Crippen LogP) is 5.36. The zero-order valence-electron chi connectivity index (χ0n) is 14.6. The first-order chi connectivity index (χ1) is 12.6. The van der Waals surface area contributed by atoms with Gasteiger partial charge < -0.3 is 0 Å². The Hall–Kier alpha value is -2.37. The van der Waals surface area contributed by atoms with Gasteiger partial charge >= 0.3 is 0 Å². The quantitative estimate of drug-likeness (QED) is 0.354. The minimum atomic E-state index is 0.00353. The molecule has 2 aromatic heterocycles. The first-order valence-corrected chi connectivity index (χ1v) is 10.2. The molecule has 0 spiro atoms. The normalized spacial score (nSPS) is 11.2. The zero-order chi connectivity index (χ0) is 18.1. The van der Waals surface area contributed by atoms with Gasteiger partial charge in [0.2, 0.25) is 0 Å². The maximum absolute atomic E-state index is 13.1. The molecular weight excluding hydrogens is 360 g/mol. The van der Waals surface area contributed by atoms with Gasteiger partial charge in [-0.1, -0.05) is 48.2 Å². The molecule has 0 N–H and O–H groups in total. The second kappa shape index (κ2) is 7.09. The van der Waals surface area contributed by atoms with E-state index in [0.29, 0.717) is 4.70 Å². The van der Waals surface area contributed by atoms with Crippen molar-refractivity contribution in [2.24, 2.45) is 0 Å². The van der Waals surface area contributed by atoms with Gasteiger partial charge in [0.1, 0.15) is 4.70 Å². The summed E-state index contributed by atoms with van der Waals surface area (Å²) in [6.07, 6.45) is 0. The summed E-state index contributed by atoms with van der Waals surface area (Å²) in [5.41, 5.74) is 5.24. The van der Waals surface area contributed by atoms with Gasteiger partial charge in [-0.2, -0.15) is 0 Å². The highest BCUT2D eigenvalue weighted by Gasteiger charge is 2.15. The molecule has 5 heteroatoms. The van der Waals surface area contributed by atoms with E-state index in [1.165, 1.54) is 28.0 Å². The minimum Gasteiger partial charge on any atom is -0.267 e. The van der Waals surface area contributed by atoms with Crippen molar-refractivity contribution in [3.8, 4) is 5.69 Å². The van der Waals surface area contributed by atoms with Crippen LogP contribution in [-0.4, -0.2) is 9.55 Å². The Kier molecular flexibility index (Phi) is 4.66. The smallest absolute Gasteiger partial charge is 0.267 e. The summed E-state index contributed by atoms with van der Waals surface area (Å²) in [6, 6.07) is 18.3. The standard InChI is InChI=1S/C21H18N2OS2/c1-14-8-9-17(12-15(14)2)23-20(24)19-18(10-11-25-19)22-21(23)26-13-16-6-4-3-5-7-16/h3-12H,13H2,1-2H3. The second-order valence-electron chi connectivity index (χ2n) is 6.21. The molecule has 0 aliphatic heterocycles. The van der Waals surface area contributed by atoms with Crippen molar-refractivity contribution in [1.29, 1.82) is 0 Å². The molecule has 3 nitrogen and oxygen atoms in total. The van der Waals surface area contributed by atoms with Crippen LogP contribution in [0.15, 0.2) is 69.9 Å². The molecule has 4 rings (SSSR count). The van der Waals surface area contributed by atoms with Crippen LogP contribution in [0.2, 0.25) is 0 Å². The summed E-state index contributed by atoms with van der Waals surface area (Å²) in [6.45, 7) is 4.14. The Balaban J connectivity index is 1.84. The lowest BCUT2D eigenvalue weighted by Gasteiger charge is -2.13. The lowest BCUT2D eigenvalue weighted by atomic mass is 10.1. The minimum absolute atomic E-state index is 0.00353. The van der Waals surface area contributed by atoms with Crippen LogP contribution < -0.4 is 5.56 Å². The first kappa shape index (κ1) is 17.1. The number of thioether (sulfide) groups is 1. The van der Waals surface area contributed by atoms with Gasteiger partial charge in [-0.15, -0.1) is 11.3 Å². The lowest BCUT2D eigenvalue weighted by Crippen LogP contribution is -2.21. The maximum atomic E-state index is 13.1. The third-order valence-corrected chi connectivity index (χ3v) is 6.31. The van der Waals surface area contributed by atoms with Crippen LogP contribution in [0.5, 0.6) is 0 Å². The molecule has 0 aliphatic carbocycles. The number of hydrogen-bond acceptors (Lipinski definition) is 4. The number of aryl methyl sites for hydroxylation is 2. The van der Waals surface area contributed by atoms with E-state index < -0.39 is 0 Å². The monoisotopic (exact) mass is 378 g/mol. The number of hydrogen-bond donors (Lipinski definition) is 0. The number of fused-ring (bicyclic) bond motifs is 1. The molecule has 0 amide bonds. The molecule has 4 aromatic rings. The number of nitrogens with zero attached hydrogens (tertiary/aromatic N) is 2. The number of aromatic nitrogens is 2. The number of thiophene rings is 1. The molecule has 0 fully saturated rings. The summed E-state index contributed by atoms with van der Waals surface area (Å²) >= 11 is 3.04. The van der Waals surface area contributed by atoms with E-state index >= 15 is 0 Å². The Labute approximate surface area is 160 Å². The molecule has 0 saturated heterocycles. The highest BCUT2D eigenvalue weighted by molar-refractivity contribution is 7.98. The summed E-state index contributed by atoms with van der Waals surface area (Å²) < 4.78 is 2.45. The van der Waals surface area contributed by atoms with E-state index in [9.17, 15) is 4.79 Å². The molecule has 26 heavy (non-hydrogen) atoms. The molecule has 0 aliphatic rings. The fourth-order valence-corrected chi connectivity index (χ4v) is 4.53. The number of benzene rings is 2. The molecule has 0 saturated carbocycles. The highest BCUT2D eigenvalue weighted by atomic mass is 32.2. The summed E-state index contributed by atoms with van der Waals surface area (Å²) in [4.78, 5) is 17.9. The Bertz CT molecular complexity index is 1130. The van der Waals surface area contributed by atoms with E-state index in [4.69, 9.17) is 4.98 Å². The predicted molar refractivity (Wildman–Crippen MR) is 111 cm³/mol. The van der Waals surface area contributed by atoms with Crippen LogP contribution in [0.1, 0.15) is 16.7 Å². The first-order valence-electron chi connectivity index (χ1n) is 8.38. The van der Waals surface area contributed by atoms with E-state index in [-0.39, 0.29) is 5.56 Å². The zero-order valence-corrected chi connectivity index (χ0v) is 16.2. The molecule has 130 valence electrons. The van der Waals surface area contributed by atoms with Crippen LogP contribution in [-0.2, 0) is 5.75 Å². The fourth-order valence-electron chi connectivity index (χ4n) is 2.80. The molecular formula is C21H18N2OS2. The SMILES string of the molecule is Cc1ccc(-n2c(SCc3ccccc3)nc3ccsc3c2=O)cc1C. The van der Waals surface area contributed by atoms with E-state index in [1.54, 1.807) is 16.3 Å². The van der Waals surface area contributed by atoms with Crippen molar-refractivity contribution in [2.75, 3.05) is 0 Å². The van der Waals surface area contributed by atoms with Crippen molar-refractivity contribution < 1.29 is 0 Å². The molecule has 2 heterocycles. The number of rotatable bonds is 4. The Morgan fingerprint density at radius 2 is 1.85 bits per heavy atom. The summed E-state index contributed by atoms with van der Waals surface area (Å²) in [5, 5.41) is 2.66. The van der Waals surface area contributed by atoms with Crippen molar-refractivity contribution in [1.82, 2.24) is 9.55 Å². The van der Waals surface area contributed by atoms with Crippen molar-refractivity contribution in [3.63, 3.8) is 0 Å². The molecule has 0 bridgehead atoms. The maximum Gasteiger partial charge on any atom is 0.276 e. The molecule has 0 radical (unpaired) electrons. The van der Waals surface area contributed by atoms with Crippen molar-refractivity contribution in [2.45, 2.75) is 24.8 Å². The fraction of sp³-hybridized carbons (Fsp3) is 0.143. The van der Waals surface area contributed by atoms with Crippen molar-refractivity contribution >= 4 is 33.3 Å². The highest BCUT2D eigenvalue weighted by Crippen LogP contribution is 2.26. The van der Waals surface area contributed by atoms with Crippen molar-refractivity contribution in [3.05, 3.63) is 87.0 Å². The lowest BCUT2D eigenvalue weighted by molar-refractivity contribution is 0.820. The van der Waals surface area contributed by atoms with E-state index in [0.717, 1.165) is 22.1 Å². The summed E-state index contributed by atoms with van der Waals surface area (Å²) in [5.74, 6) is 0.772. The molecule has 2 aromatic carbocycles. The third-order valence-electron chi connectivity index (χ3n) is 4.41. The van der Waals surface area contributed by atoms with Gasteiger partial charge in [0, 0.05) is 5.75 Å². The van der Waals surface area contributed by atoms with E-state index in [1.807, 2.05) is 35.7 Å². The van der Waals surface area contributed by atoms with Crippen LogP contribution in [0.3, 0.4) is 0 Å². The van der Waals surface area contributed by atoms with Crippen LogP contribution >= 0.6 is 23.1 Å².